The standard InChI is InChI=1S/3C12H15N3.Co/c3*1-12(2,3)10-5-7-13-11(9-10)15-8-4-6-14-15;/h3*4-9H,1-3H3;. The molecule has 0 bridgehead atoms. The van der Waals surface area contributed by atoms with Gasteiger partial charge in [-0.15, -0.1) is 0 Å². The van der Waals surface area contributed by atoms with Gasteiger partial charge in [-0.05, 0) is 87.5 Å². The maximum Gasteiger partial charge on any atom is 0.153 e. The fraction of sp³-hybridized carbons (Fsp3) is 0.333. The van der Waals surface area contributed by atoms with Crippen LogP contribution in [-0.2, 0) is 33.0 Å². The second-order valence-electron chi connectivity index (χ2n) is 13.8. The molecule has 0 atom stereocenters. The molecule has 0 spiro atoms. The van der Waals surface area contributed by atoms with Crippen LogP contribution in [0.4, 0.5) is 0 Å². The van der Waals surface area contributed by atoms with Crippen molar-refractivity contribution in [3.8, 4) is 17.5 Å². The summed E-state index contributed by atoms with van der Waals surface area (Å²) in [6, 6.07) is 18.1. The molecule has 0 saturated heterocycles. The van der Waals surface area contributed by atoms with Gasteiger partial charge in [0, 0.05) is 72.6 Å². The molecular weight excluding hydrogens is 617 g/mol. The van der Waals surface area contributed by atoms with E-state index in [0.29, 0.717) is 0 Å². The van der Waals surface area contributed by atoms with Crippen molar-refractivity contribution < 1.29 is 16.8 Å². The summed E-state index contributed by atoms with van der Waals surface area (Å²) in [5.41, 5.74) is 4.23. The molecule has 0 N–H and O–H groups in total. The van der Waals surface area contributed by atoms with Crippen molar-refractivity contribution in [3.63, 3.8) is 0 Å². The zero-order chi connectivity index (χ0) is 32.7. The second-order valence-corrected chi connectivity index (χ2v) is 13.8. The first-order valence-corrected chi connectivity index (χ1v) is 15.1. The maximum absolute atomic E-state index is 4.30. The van der Waals surface area contributed by atoms with Crippen molar-refractivity contribution in [1.82, 2.24) is 44.3 Å². The van der Waals surface area contributed by atoms with Crippen molar-refractivity contribution in [1.29, 1.82) is 0 Å². The molecule has 0 aliphatic heterocycles. The van der Waals surface area contributed by atoms with Crippen LogP contribution in [0.15, 0.2) is 110 Å². The molecule has 0 fully saturated rings. The Bertz CT molecular complexity index is 1530. The SMILES string of the molecule is CC(C)(C)c1ccnc(-n2cccn2)c1.CC(C)(C)c1ccnc(-n2cccn2)c1.CC(C)(C)c1ccnc(-n2cccn2)c1.[Co]. The van der Waals surface area contributed by atoms with E-state index in [9.17, 15) is 0 Å². The summed E-state index contributed by atoms with van der Waals surface area (Å²) >= 11 is 0. The largest absolute Gasteiger partial charge is 0.237 e. The van der Waals surface area contributed by atoms with E-state index in [1.165, 1.54) is 16.7 Å². The molecule has 9 nitrogen and oxygen atoms in total. The minimum Gasteiger partial charge on any atom is -0.237 e. The summed E-state index contributed by atoms with van der Waals surface area (Å²) in [6.07, 6.45) is 16.5. The molecule has 0 aliphatic rings. The van der Waals surface area contributed by atoms with Crippen molar-refractivity contribution in [2.75, 3.05) is 0 Å². The third kappa shape index (κ3) is 10.0. The van der Waals surface area contributed by atoms with Crippen LogP contribution in [0.5, 0.6) is 0 Å². The third-order valence-electron chi connectivity index (χ3n) is 7.05. The van der Waals surface area contributed by atoms with Gasteiger partial charge in [-0.3, -0.25) is 0 Å². The van der Waals surface area contributed by atoms with Crippen molar-refractivity contribution >= 4 is 0 Å². The average Bonchev–Trinajstić information content (AvgIpc) is 3.81. The first-order valence-electron chi connectivity index (χ1n) is 15.1. The predicted molar refractivity (Wildman–Crippen MR) is 180 cm³/mol. The molecule has 6 rings (SSSR count). The van der Waals surface area contributed by atoms with Gasteiger partial charge in [0.25, 0.3) is 0 Å². The Hall–Kier alpha value is -4.41. The van der Waals surface area contributed by atoms with Gasteiger partial charge in [0.15, 0.2) is 17.5 Å². The van der Waals surface area contributed by atoms with Gasteiger partial charge in [-0.25, -0.2) is 29.0 Å². The van der Waals surface area contributed by atoms with Crippen LogP contribution in [0, 0.1) is 0 Å². The molecule has 0 amide bonds. The molecule has 6 heterocycles. The van der Waals surface area contributed by atoms with Gasteiger partial charge < -0.3 is 0 Å². The van der Waals surface area contributed by atoms with E-state index in [4.69, 9.17) is 0 Å². The molecule has 46 heavy (non-hydrogen) atoms. The van der Waals surface area contributed by atoms with Crippen molar-refractivity contribution in [3.05, 3.63) is 127 Å². The summed E-state index contributed by atoms with van der Waals surface area (Å²) in [5.74, 6) is 2.60. The topological polar surface area (TPSA) is 92.1 Å². The van der Waals surface area contributed by atoms with Crippen molar-refractivity contribution in [2.45, 2.75) is 78.6 Å². The summed E-state index contributed by atoms with van der Waals surface area (Å²) in [5, 5.41) is 12.5. The Morgan fingerprint density at radius 3 is 0.870 bits per heavy atom. The molecular formula is C36H45CoN9. The first-order chi connectivity index (χ1) is 21.2. The number of hydrogen-bond donors (Lipinski definition) is 0. The van der Waals surface area contributed by atoms with E-state index in [0.717, 1.165) is 17.5 Å². The molecule has 0 aliphatic carbocycles. The van der Waals surface area contributed by atoms with E-state index in [-0.39, 0.29) is 33.0 Å². The predicted octanol–water partition coefficient (Wildman–Crippen LogP) is 7.69. The molecule has 0 saturated carbocycles. The number of nitrogens with zero attached hydrogens (tertiary/aromatic N) is 9. The monoisotopic (exact) mass is 662 g/mol. The summed E-state index contributed by atoms with van der Waals surface area (Å²) < 4.78 is 5.32. The Labute approximate surface area is 283 Å². The van der Waals surface area contributed by atoms with Gasteiger partial charge in [0.2, 0.25) is 0 Å². The van der Waals surface area contributed by atoms with Crippen LogP contribution < -0.4 is 0 Å². The van der Waals surface area contributed by atoms with Crippen LogP contribution in [0.2, 0.25) is 0 Å². The van der Waals surface area contributed by atoms with E-state index in [1.807, 2.05) is 73.6 Å². The molecule has 0 aromatic carbocycles. The van der Waals surface area contributed by atoms with Gasteiger partial charge in [-0.2, -0.15) is 15.3 Å². The number of hydrogen-bond acceptors (Lipinski definition) is 6. The van der Waals surface area contributed by atoms with Gasteiger partial charge in [0.1, 0.15) is 0 Å². The molecule has 6 aromatic heterocycles. The number of pyridine rings is 3. The first kappa shape index (κ1) is 36.1. The molecule has 6 aromatic rings. The number of rotatable bonds is 3. The van der Waals surface area contributed by atoms with Crippen LogP contribution in [-0.4, -0.2) is 44.3 Å². The minimum absolute atomic E-state index is 0. The average molecular weight is 663 g/mol. The van der Waals surface area contributed by atoms with Crippen LogP contribution >= 0.6 is 0 Å². The number of aromatic nitrogens is 9. The smallest absolute Gasteiger partial charge is 0.153 e. The molecule has 0 unspecified atom stereocenters. The van der Waals surface area contributed by atoms with E-state index < -0.39 is 0 Å². The third-order valence-corrected chi connectivity index (χ3v) is 7.05. The maximum atomic E-state index is 4.30. The molecule has 10 heteroatoms. The molecule has 243 valence electrons. The summed E-state index contributed by atoms with van der Waals surface area (Å²) in [4.78, 5) is 12.9. The van der Waals surface area contributed by atoms with E-state index in [2.05, 4.69) is 111 Å². The summed E-state index contributed by atoms with van der Waals surface area (Å²) in [7, 11) is 0. The normalized spacial score (nSPS) is 11.4. The Kier molecular flexibility index (Phi) is 12.0. The fourth-order valence-corrected chi connectivity index (χ4v) is 4.24. The second kappa shape index (κ2) is 15.2. The Balaban J connectivity index is 0.000000186. The van der Waals surface area contributed by atoms with Crippen LogP contribution in [0.1, 0.15) is 79.0 Å². The summed E-state index contributed by atoms with van der Waals surface area (Å²) in [6.45, 7) is 19.7. The Morgan fingerprint density at radius 2 is 0.674 bits per heavy atom. The zero-order valence-corrected chi connectivity index (χ0v) is 29.3. The minimum atomic E-state index is 0. The van der Waals surface area contributed by atoms with Crippen LogP contribution in [0.3, 0.4) is 0 Å². The van der Waals surface area contributed by atoms with Gasteiger partial charge >= 0.3 is 0 Å². The van der Waals surface area contributed by atoms with E-state index in [1.54, 1.807) is 32.6 Å². The van der Waals surface area contributed by atoms with Gasteiger partial charge in [0.05, 0.1) is 0 Å². The Morgan fingerprint density at radius 1 is 0.413 bits per heavy atom. The van der Waals surface area contributed by atoms with Gasteiger partial charge in [-0.1, -0.05) is 62.3 Å². The zero-order valence-electron chi connectivity index (χ0n) is 28.3. The van der Waals surface area contributed by atoms with Crippen LogP contribution in [0.25, 0.3) is 17.5 Å². The van der Waals surface area contributed by atoms with Crippen molar-refractivity contribution in [2.24, 2.45) is 0 Å². The molecule has 1 radical (unpaired) electrons. The fourth-order valence-electron chi connectivity index (χ4n) is 4.24. The van der Waals surface area contributed by atoms with E-state index >= 15 is 0 Å². The quantitative estimate of drug-likeness (QED) is 0.193.